The molecule has 116 valence electrons. The molecular formula is C13H20Cl2N6. The molecule has 1 saturated heterocycles. The van der Waals surface area contributed by atoms with Crippen molar-refractivity contribution in [1.29, 1.82) is 0 Å². The second-order valence-electron chi connectivity index (χ2n) is 4.78. The molecule has 0 bridgehead atoms. The van der Waals surface area contributed by atoms with Crippen molar-refractivity contribution in [3.63, 3.8) is 0 Å². The SMILES string of the molecule is Cl.Cl.Cn1ncnc1CN1CCNCC1c1cccnc1. The van der Waals surface area contributed by atoms with Crippen LogP contribution in [0.5, 0.6) is 0 Å². The standard InChI is InChI=1S/C13H18N6.2ClH/c1-18-13(16-10-17-18)9-19-6-5-15-8-12(19)11-3-2-4-14-7-11;;/h2-4,7,10,12,15H,5-6,8-9H2,1H3;2*1H. The lowest BCUT2D eigenvalue weighted by molar-refractivity contribution is 0.148. The van der Waals surface area contributed by atoms with Gasteiger partial charge < -0.3 is 5.32 Å². The van der Waals surface area contributed by atoms with Gasteiger partial charge in [-0.3, -0.25) is 14.6 Å². The Kier molecular flexibility index (Phi) is 7.04. The molecule has 0 aliphatic carbocycles. The number of rotatable bonds is 3. The first kappa shape index (κ1) is 17.8. The molecule has 1 fully saturated rings. The molecular weight excluding hydrogens is 311 g/mol. The third-order valence-electron chi connectivity index (χ3n) is 3.57. The second-order valence-corrected chi connectivity index (χ2v) is 4.78. The highest BCUT2D eigenvalue weighted by Crippen LogP contribution is 2.22. The maximum Gasteiger partial charge on any atom is 0.140 e. The number of nitrogens with one attached hydrogen (secondary N) is 1. The van der Waals surface area contributed by atoms with Gasteiger partial charge in [0.05, 0.1) is 6.54 Å². The monoisotopic (exact) mass is 330 g/mol. The Labute approximate surface area is 136 Å². The summed E-state index contributed by atoms with van der Waals surface area (Å²) in [5.74, 6) is 0.996. The summed E-state index contributed by atoms with van der Waals surface area (Å²) in [7, 11) is 1.93. The number of aromatic nitrogens is 4. The van der Waals surface area contributed by atoms with Gasteiger partial charge in [-0.25, -0.2) is 4.98 Å². The summed E-state index contributed by atoms with van der Waals surface area (Å²) in [6, 6.07) is 4.47. The minimum atomic E-state index is 0. The maximum atomic E-state index is 4.31. The van der Waals surface area contributed by atoms with E-state index in [4.69, 9.17) is 0 Å². The normalized spacial score (nSPS) is 18.6. The fraction of sp³-hybridized carbons (Fsp3) is 0.462. The summed E-state index contributed by atoms with van der Waals surface area (Å²) in [5.41, 5.74) is 1.25. The van der Waals surface area contributed by atoms with Gasteiger partial charge in [-0.05, 0) is 11.6 Å². The molecule has 21 heavy (non-hydrogen) atoms. The Bertz CT molecular complexity index is 532. The average Bonchev–Trinajstić information content (AvgIpc) is 2.86. The van der Waals surface area contributed by atoms with Crippen LogP contribution in [-0.4, -0.2) is 44.3 Å². The predicted octanol–water partition coefficient (Wildman–Crippen LogP) is 1.20. The first-order chi connectivity index (χ1) is 9.34. The molecule has 8 heteroatoms. The number of pyridine rings is 1. The average molecular weight is 331 g/mol. The molecule has 2 aromatic rings. The molecule has 1 N–H and O–H groups in total. The fourth-order valence-corrected chi connectivity index (χ4v) is 2.48. The largest absolute Gasteiger partial charge is 0.314 e. The summed E-state index contributed by atoms with van der Waals surface area (Å²) in [6.45, 7) is 3.78. The Morgan fingerprint density at radius 3 is 2.90 bits per heavy atom. The number of aryl methyl sites for hydroxylation is 1. The molecule has 0 spiro atoms. The minimum Gasteiger partial charge on any atom is -0.314 e. The number of hydrogen-bond acceptors (Lipinski definition) is 5. The second kappa shape index (κ2) is 8.29. The minimum absolute atomic E-state index is 0. The molecule has 0 amide bonds. The van der Waals surface area contributed by atoms with Crippen molar-refractivity contribution in [3.8, 4) is 0 Å². The lowest BCUT2D eigenvalue weighted by Crippen LogP contribution is -2.45. The lowest BCUT2D eigenvalue weighted by atomic mass is 10.1. The molecule has 1 aliphatic rings. The highest BCUT2D eigenvalue weighted by atomic mass is 35.5. The van der Waals surface area contributed by atoms with Gasteiger partial charge in [0.15, 0.2) is 0 Å². The molecule has 1 aliphatic heterocycles. The maximum absolute atomic E-state index is 4.31. The topological polar surface area (TPSA) is 58.9 Å². The third-order valence-corrected chi connectivity index (χ3v) is 3.57. The summed E-state index contributed by atoms with van der Waals surface area (Å²) < 4.78 is 1.84. The van der Waals surface area contributed by atoms with E-state index >= 15 is 0 Å². The third kappa shape index (κ3) is 4.14. The van der Waals surface area contributed by atoms with Crippen molar-refractivity contribution in [2.24, 2.45) is 7.05 Å². The molecule has 0 aromatic carbocycles. The lowest BCUT2D eigenvalue weighted by Gasteiger charge is -2.35. The molecule has 3 heterocycles. The van der Waals surface area contributed by atoms with E-state index in [2.05, 4.69) is 31.3 Å². The van der Waals surface area contributed by atoms with Crippen LogP contribution in [0.25, 0.3) is 0 Å². The Morgan fingerprint density at radius 1 is 1.38 bits per heavy atom. The summed E-state index contributed by atoms with van der Waals surface area (Å²) in [5, 5.41) is 7.58. The van der Waals surface area contributed by atoms with Crippen LogP contribution in [0.15, 0.2) is 30.9 Å². The molecule has 2 aromatic heterocycles. The predicted molar refractivity (Wildman–Crippen MR) is 85.8 cm³/mol. The fourth-order valence-electron chi connectivity index (χ4n) is 2.48. The van der Waals surface area contributed by atoms with Gasteiger partial charge in [0, 0.05) is 45.1 Å². The molecule has 0 saturated carbocycles. The van der Waals surface area contributed by atoms with Gasteiger partial charge in [0.25, 0.3) is 0 Å². The Balaban J connectivity index is 0.00000110. The van der Waals surface area contributed by atoms with E-state index in [9.17, 15) is 0 Å². The highest BCUT2D eigenvalue weighted by Gasteiger charge is 2.24. The van der Waals surface area contributed by atoms with Crippen LogP contribution in [0.3, 0.4) is 0 Å². The van der Waals surface area contributed by atoms with E-state index in [1.54, 1.807) is 6.33 Å². The zero-order valence-corrected chi connectivity index (χ0v) is 13.5. The molecule has 1 unspecified atom stereocenters. The van der Waals surface area contributed by atoms with E-state index in [-0.39, 0.29) is 24.8 Å². The van der Waals surface area contributed by atoms with E-state index in [0.29, 0.717) is 6.04 Å². The molecule has 1 atom stereocenters. The number of piperazine rings is 1. The van der Waals surface area contributed by atoms with Crippen LogP contribution in [0.1, 0.15) is 17.4 Å². The summed E-state index contributed by atoms with van der Waals surface area (Å²) >= 11 is 0. The highest BCUT2D eigenvalue weighted by molar-refractivity contribution is 5.85. The molecule has 6 nitrogen and oxygen atoms in total. The van der Waals surface area contributed by atoms with Crippen LogP contribution in [0, 0.1) is 0 Å². The zero-order chi connectivity index (χ0) is 13.1. The van der Waals surface area contributed by atoms with Gasteiger partial charge >= 0.3 is 0 Å². The van der Waals surface area contributed by atoms with Gasteiger partial charge in [-0.15, -0.1) is 24.8 Å². The van der Waals surface area contributed by atoms with Crippen LogP contribution >= 0.6 is 24.8 Å². The van der Waals surface area contributed by atoms with Crippen molar-refractivity contribution in [2.45, 2.75) is 12.6 Å². The van der Waals surface area contributed by atoms with Crippen molar-refractivity contribution in [2.75, 3.05) is 19.6 Å². The van der Waals surface area contributed by atoms with Gasteiger partial charge in [-0.1, -0.05) is 6.07 Å². The van der Waals surface area contributed by atoms with Crippen molar-refractivity contribution in [3.05, 3.63) is 42.2 Å². The van der Waals surface area contributed by atoms with Crippen molar-refractivity contribution >= 4 is 24.8 Å². The van der Waals surface area contributed by atoms with E-state index in [1.807, 2.05) is 30.2 Å². The Hall–Kier alpha value is -1.21. The molecule has 0 radical (unpaired) electrons. The van der Waals surface area contributed by atoms with E-state index in [0.717, 1.165) is 32.0 Å². The smallest absolute Gasteiger partial charge is 0.140 e. The van der Waals surface area contributed by atoms with E-state index in [1.165, 1.54) is 5.56 Å². The summed E-state index contributed by atoms with van der Waals surface area (Å²) in [4.78, 5) is 11.0. The van der Waals surface area contributed by atoms with Crippen LogP contribution in [0.2, 0.25) is 0 Å². The van der Waals surface area contributed by atoms with Crippen LogP contribution < -0.4 is 5.32 Å². The first-order valence-corrected chi connectivity index (χ1v) is 6.52. The van der Waals surface area contributed by atoms with Gasteiger partial charge in [-0.2, -0.15) is 5.10 Å². The number of halogens is 2. The van der Waals surface area contributed by atoms with Crippen molar-refractivity contribution in [1.82, 2.24) is 30.0 Å². The zero-order valence-electron chi connectivity index (χ0n) is 11.8. The Morgan fingerprint density at radius 2 is 2.24 bits per heavy atom. The first-order valence-electron chi connectivity index (χ1n) is 6.52. The number of hydrogen-bond donors (Lipinski definition) is 1. The van der Waals surface area contributed by atoms with Gasteiger partial charge in [0.1, 0.15) is 12.2 Å². The van der Waals surface area contributed by atoms with Crippen molar-refractivity contribution < 1.29 is 0 Å². The van der Waals surface area contributed by atoms with E-state index < -0.39 is 0 Å². The van der Waals surface area contributed by atoms with Gasteiger partial charge in [0.2, 0.25) is 0 Å². The summed E-state index contributed by atoms with van der Waals surface area (Å²) in [6.07, 6.45) is 5.37. The number of nitrogens with zero attached hydrogens (tertiary/aromatic N) is 5. The molecule has 3 rings (SSSR count). The van der Waals surface area contributed by atoms with Crippen LogP contribution in [0.4, 0.5) is 0 Å². The van der Waals surface area contributed by atoms with Crippen LogP contribution in [-0.2, 0) is 13.6 Å². The quantitative estimate of drug-likeness (QED) is 0.916.